The predicted octanol–water partition coefficient (Wildman–Crippen LogP) is 1.09. The van der Waals surface area contributed by atoms with Gasteiger partial charge in [-0.3, -0.25) is 19.7 Å². The minimum absolute atomic E-state index is 0.0171. The van der Waals surface area contributed by atoms with Gasteiger partial charge >= 0.3 is 6.18 Å². The highest BCUT2D eigenvalue weighted by atomic mass is 19.4. The van der Waals surface area contributed by atoms with Crippen molar-refractivity contribution < 1.29 is 32.3 Å². The van der Waals surface area contributed by atoms with Crippen LogP contribution < -0.4 is 15.8 Å². The van der Waals surface area contributed by atoms with Crippen LogP contribution in [0.15, 0.2) is 18.2 Å². The van der Waals surface area contributed by atoms with Crippen LogP contribution in [-0.4, -0.2) is 24.3 Å². The zero-order valence-corrected chi connectivity index (χ0v) is 11.8. The number of piperidine rings is 1. The number of ether oxygens (including phenoxy) is 1. The van der Waals surface area contributed by atoms with Gasteiger partial charge in [-0.25, -0.2) is 0 Å². The van der Waals surface area contributed by atoms with Crippen LogP contribution in [0.25, 0.3) is 0 Å². The molecule has 1 aliphatic heterocycles. The molecule has 3 N–H and O–H groups in total. The van der Waals surface area contributed by atoms with Crippen LogP contribution in [0, 0.1) is 0 Å². The Kier molecular flexibility index (Phi) is 4.57. The first kappa shape index (κ1) is 16.8. The molecule has 1 aliphatic rings. The Hall–Kier alpha value is -2.58. The summed E-state index contributed by atoms with van der Waals surface area (Å²) in [5.41, 5.74) is 3.62. The minimum atomic E-state index is -4.67. The first-order valence-corrected chi connectivity index (χ1v) is 6.64. The fraction of sp³-hybridized carbons (Fsp3) is 0.357. The van der Waals surface area contributed by atoms with E-state index in [1.54, 1.807) is 0 Å². The molecule has 0 spiro atoms. The zero-order valence-electron chi connectivity index (χ0n) is 11.8. The van der Waals surface area contributed by atoms with Gasteiger partial charge in [0, 0.05) is 6.42 Å². The Morgan fingerprint density at radius 2 is 2.04 bits per heavy atom. The van der Waals surface area contributed by atoms with Crippen molar-refractivity contribution in [3.05, 3.63) is 29.3 Å². The molecular formula is C14H13F3N2O4. The van der Waals surface area contributed by atoms with Gasteiger partial charge in [0.15, 0.2) is 6.61 Å². The third-order valence-corrected chi connectivity index (χ3v) is 3.32. The summed E-state index contributed by atoms with van der Waals surface area (Å²) in [6, 6.07) is 2.86. The first-order chi connectivity index (χ1) is 10.7. The fourth-order valence-electron chi connectivity index (χ4n) is 2.32. The Bertz CT molecular complexity index is 658. The Morgan fingerprint density at radius 3 is 2.61 bits per heavy atom. The summed E-state index contributed by atoms with van der Waals surface area (Å²) in [6.45, 7) is -0.500. The summed E-state index contributed by atoms with van der Waals surface area (Å²) in [7, 11) is 0. The maximum absolute atomic E-state index is 13.1. The van der Waals surface area contributed by atoms with E-state index in [1.165, 1.54) is 0 Å². The maximum atomic E-state index is 13.1. The number of nitrogens with one attached hydrogen (secondary N) is 1. The van der Waals surface area contributed by atoms with Crippen LogP contribution >= 0.6 is 0 Å². The number of hydrogen-bond acceptors (Lipinski definition) is 4. The average Bonchev–Trinajstić information content (AvgIpc) is 2.43. The number of nitrogens with two attached hydrogens (primary N) is 1. The molecular weight excluding hydrogens is 317 g/mol. The summed E-state index contributed by atoms with van der Waals surface area (Å²) in [4.78, 5) is 33.7. The van der Waals surface area contributed by atoms with Gasteiger partial charge in [0.1, 0.15) is 5.75 Å². The normalized spacial score (nSPS) is 18.5. The maximum Gasteiger partial charge on any atom is 0.416 e. The van der Waals surface area contributed by atoms with Gasteiger partial charge in [-0.05, 0) is 30.2 Å². The molecule has 2 rings (SSSR count). The third kappa shape index (κ3) is 3.99. The van der Waals surface area contributed by atoms with Gasteiger partial charge < -0.3 is 10.5 Å². The van der Waals surface area contributed by atoms with Crippen molar-refractivity contribution in [3.8, 4) is 5.75 Å². The van der Waals surface area contributed by atoms with Crippen molar-refractivity contribution in [1.82, 2.24) is 5.32 Å². The smallest absolute Gasteiger partial charge is 0.416 e. The number of rotatable bonds is 4. The van der Waals surface area contributed by atoms with E-state index >= 15 is 0 Å². The van der Waals surface area contributed by atoms with Gasteiger partial charge in [0.25, 0.3) is 5.91 Å². The second kappa shape index (κ2) is 6.27. The van der Waals surface area contributed by atoms with E-state index < -0.39 is 42.0 Å². The quantitative estimate of drug-likeness (QED) is 0.807. The molecule has 0 radical (unpaired) electrons. The van der Waals surface area contributed by atoms with Crippen molar-refractivity contribution in [2.75, 3.05) is 6.61 Å². The van der Waals surface area contributed by atoms with Crippen molar-refractivity contribution in [2.24, 2.45) is 5.73 Å². The third-order valence-electron chi connectivity index (χ3n) is 3.32. The molecule has 9 heteroatoms. The minimum Gasteiger partial charge on any atom is -0.484 e. The Labute approximate surface area is 128 Å². The first-order valence-electron chi connectivity index (χ1n) is 6.64. The van der Waals surface area contributed by atoms with Crippen LogP contribution in [0.4, 0.5) is 13.2 Å². The highest BCUT2D eigenvalue weighted by Gasteiger charge is 2.38. The topological polar surface area (TPSA) is 98.5 Å². The number of amides is 3. The number of imide groups is 1. The fourth-order valence-corrected chi connectivity index (χ4v) is 2.32. The van der Waals surface area contributed by atoms with Crippen LogP contribution in [0.3, 0.4) is 0 Å². The monoisotopic (exact) mass is 330 g/mol. The lowest BCUT2D eigenvalue weighted by atomic mass is 9.87. The van der Waals surface area contributed by atoms with Gasteiger partial charge in [-0.1, -0.05) is 0 Å². The number of carbonyl (C=O) groups is 3. The molecule has 1 heterocycles. The number of primary amides is 1. The molecule has 6 nitrogen and oxygen atoms in total. The summed E-state index contributed by atoms with van der Waals surface area (Å²) in [5, 5.41) is 2.02. The van der Waals surface area contributed by atoms with E-state index in [4.69, 9.17) is 10.5 Å². The lowest BCUT2D eigenvalue weighted by Crippen LogP contribution is -2.40. The van der Waals surface area contributed by atoms with E-state index in [9.17, 15) is 27.6 Å². The predicted molar refractivity (Wildman–Crippen MR) is 71.3 cm³/mol. The van der Waals surface area contributed by atoms with E-state index in [0.29, 0.717) is 0 Å². The molecule has 0 aromatic heterocycles. The van der Waals surface area contributed by atoms with Gasteiger partial charge in [-0.15, -0.1) is 0 Å². The van der Waals surface area contributed by atoms with E-state index in [1.807, 2.05) is 5.32 Å². The Balaban J connectivity index is 2.40. The number of benzene rings is 1. The molecule has 1 fully saturated rings. The van der Waals surface area contributed by atoms with Crippen molar-refractivity contribution >= 4 is 17.7 Å². The number of halogens is 3. The molecule has 1 unspecified atom stereocenters. The highest BCUT2D eigenvalue weighted by Crippen LogP contribution is 2.39. The average molecular weight is 330 g/mol. The number of carbonyl (C=O) groups excluding carboxylic acids is 3. The molecule has 1 atom stereocenters. The van der Waals surface area contributed by atoms with Crippen molar-refractivity contribution in [3.63, 3.8) is 0 Å². The van der Waals surface area contributed by atoms with E-state index in [0.717, 1.165) is 18.2 Å². The van der Waals surface area contributed by atoms with E-state index in [-0.39, 0.29) is 24.2 Å². The summed E-state index contributed by atoms with van der Waals surface area (Å²) in [5.74, 6) is -3.25. The summed E-state index contributed by atoms with van der Waals surface area (Å²) in [6.07, 6.45) is -4.76. The number of alkyl halides is 3. The molecule has 0 saturated carbocycles. The highest BCUT2D eigenvalue weighted by molar-refractivity contribution is 6.01. The molecule has 1 aromatic rings. The van der Waals surface area contributed by atoms with Crippen molar-refractivity contribution in [1.29, 1.82) is 0 Å². The van der Waals surface area contributed by atoms with Crippen LogP contribution in [0.1, 0.15) is 29.9 Å². The zero-order chi connectivity index (χ0) is 17.2. The molecule has 23 heavy (non-hydrogen) atoms. The van der Waals surface area contributed by atoms with Crippen molar-refractivity contribution in [2.45, 2.75) is 24.9 Å². The largest absolute Gasteiger partial charge is 0.484 e. The molecule has 0 bridgehead atoms. The molecule has 124 valence electrons. The second-order valence-electron chi connectivity index (χ2n) is 5.01. The molecule has 3 amide bonds. The summed E-state index contributed by atoms with van der Waals surface area (Å²) < 4.78 is 44.4. The SMILES string of the molecule is NC(=O)COc1ccc(C(F)(F)F)c(C2CCC(=O)NC2=O)c1. The molecule has 1 saturated heterocycles. The molecule has 0 aliphatic carbocycles. The molecule has 1 aromatic carbocycles. The van der Waals surface area contributed by atoms with Crippen LogP contribution in [0.2, 0.25) is 0 Å². The van der Waals surface area contributed by atoms with Crippen LogP contribution in [-0.2, 0) is 20.6 Å². The van der Waals surface area contributed by atoms with Gasteiger partial charge in [0.05, 0.1) is 11.5 Å². The lowest BCUT2D eigenvalue weighted by molar-refractivity contribution is -0.139. The Morgan fingerprint density at radius 1 is 1.35 bits per heavy atom. The van der Waals surface area contributed by atoms with Crippen LogP contribution in [0.5, 0.6) is 5.75 Å². The van der Waals surface area contributed by atoms with Gasteiger partial charge in [-0.2, -0.15) is 13.2 Å². The number of hydrogen-bond donors (Lipinski definition) is 2. The lowest BCUT2D eigenvalue weighted by Gasteiger charge is -2.24. The van der Waals surface area contributed by atoms with Gasteiger partial charge in [0.2, 0.25) is 11.8 Å². The van der Waals surface area contributed by atoms with E-state index in [2.05, 4.69) is 0 Å². The summed E-state index contributed by atoms with van der Waals surface area (Å²) >= 11 is 0. The standard InChI is InChI=1S/C14H13F3N2O4/c15-14(16,17)10-3-1-7(23-6-11(18)20)5-9(10)8-2-4-12(21)19-13(8)22/h1,3,5,8H,2,4,6H2,(H2,18,20)(H,19,21,22). The second-order valence-corrected chi connectivity index (χ2v) is 5.01.